The van der Waals surface area contributed by atoms with E-state index in [1.807, 2.05) is 11.4 Å². The molecule has 0 spiro atoms. The molecular formula is C10H8ClN5S. The molecule has 0 unspecified atom stereocenters. The topological polar surface area (TPSA) is 66.5 Å². The second-order valence-corrected chi connectivity index (χ2v) is 4.84. The summed E-state index contributed by atoms with van der Waals surface area (Å²) in [6, 6.07) is 1.94. The van der Waals surface area contributed by atoms with Gasteiger partial charge in [0.25, 0.3) is 0 Å². The van der Waals surface area contributed by atoms with Crippen LogP contribution in [0, 0.1) is 0 Å². The lowest BCUT2D eigenvalue weighted by Gasteiger charge is -2.03. The molecular weight excluding hydrogens is 258 g/mol. The Morgan fingerprint density at radius 1 is 1.35 bits per heavy atom. The van der Waals surface area contributed by atoms with Crippen molar-refractivity contribution >= 4 is 39.9 Å². The van der Waals surface area contributed by atoms with Crippen molar-refractivity contribution in [3.63, 3.8) is 0 Å². The van der Waals surface area contributed by atoms with Crippen molar-refractivity contribution in [2.45, 2.75) is 6.54 Å². The van der Waals surface area contributed by atoms with Crippen LogP contribution in [-0.2, 0) is 6.54 Å². The summed E-state index contributed by atoms with van der Waals surface area (Å²) in [7, 11) is 0. The fourth-order valence-corrected chi connectivity index (χ4v) is 2.53. The number of imidazole rings is 1. The Kier molecular flexibility index (Phi) is 2.66. The first-order valence-corrected chi connectivity index (χ1v) is 6.19. The molecule has 0 aliphatic carbocycles. The maximum absolute atomic E-state index is 5.86. The smallest absolute Gasteiger partial charge is 0.182 e. The van der Waals surface area contributed by atoms with Crippen molar-refractivity contribution in [3.05, 3.63) is 34.0 Å². The summed E-state index contributed by atoms with van der Waals surface area (Å²) in [6.07, 6.45) is 3.10. The number of thiophene rings is 1. The maximum Gasteiger partial charge on any atom is 0.182 e. The van der Waals surface area contributed by atoms with Crippen LogP contribution in [0.3, 0.4) is 0 Å². The number of nitrogens with one attached hydrogen (secondary N) is 2. The normalized spacial score (nSPS) is 10.9. The molecule has 17 heavy (non-hydrogen) atoms. The van der Waals surface area contributed by atoms with Gasteiger partial charge in [-0.3, -0.25) is 0 Å². The number of fused-ring (bicyclic) bond motifs is 1. The van der Waals surface area contributed by atoms with E-state index in [1.165, 1.54) is 6.33 Å². The van der Waals surface area contributed by atoms with E-state index < -0.39 is 0 Å². The Hall–Kier alpha value is -1.66. The lowest BCUT2D eigenvalue weighted by Crippen LogP contribution is -2.01. The quantitative estimate of drug-likeness (QED) is 0.764. The van der Waals surface area contributed by atoms with Crippen LogP contribution in [0.1, 0.15) is 4.88 Å². The van der Waals surface area contributed by atoms with E-state index in [2.05, 4.69) is 25.3 Å². The van der Waals surface area contributed by atoms with Gasteiger partial charge in [0.05, 0.1) is 17.9 Å². The van der Waals surface area contributed by atoms with Crippen molar-refractivity contribution in [2.75, 3.05) is 5.32 Å². The first-order chi connectivity index (χ1) is 8.33. The zero-order valence-electron chi connectivity index (χ0n) is 8.64. The third-order valence-corrected chi connectivity index (χ3v) is 3.56. The standard InChI is InChI=1S/C10H8ClN5S/c11-6-1-7(17-3-6)2-12-9-8-10(14-4-13-8)16-5-15-9/h1,3-5H,2H2,(H2,12,13,14,15,16). The number of halogens is 1. The second-order valence-electron chi connectivity index (χ2n) is 3.41. The molecule has 0 radical (unpaired) electrons. The number of hydrogen-bond acceptors (Lipinski definition) is 5. The minimum atomic E-state index is 0.659. The number of nitrogens with zero attached hydrogens (tertiary/aromatic N) is 3. The minimum absolute atomic E-state index is 0.659. The van der Waals surface area contributed by atoms with E-state index in [1.54, 1.807) is 17.7 Å². The van der Waals surface area contributed by atoms with Gasteiger partial charge in [0, 0.05) is 10.3 Å². The van der Waals surface area contributed by atoms with Gasteiger partial charge in [-0.15, -0.1) is 11.3 Å². The van der Waals surface area contributed by atoms with Gasteiger partial charge in [0.2, 0.25) is 0 Å². The Bertz CT molecular complexity index is 647. The second kappa shape index (κ2) is 4.31. The molecule has 3 heterocycles. The predicted octanol–water partition coefficient (Wildman–Crippen LogP) is 2.68. The first kappa shape index (κ1) is 10.5. The van der Waals surface area contributed by atoms with E-state index in [0.717, 1.165) is 21.2 Å². The van der Waals surface area contributed by atoms with Gasteiger partial charge in [-0.25, -0.2) is 15.0 Å². The van der Waals surface area contributed by atoms with Gasteiger partial charge in [0.15, 0.2) is 11.5 Å². The van der Waals surface area contributed by atoms with E-state index in [-0.39, 0.29) is 0 Å². The first-order valence-electron chi connectivity index (χ1n) is 4.94. The van der Waals surface area contributed by atoms with Crippen LogP contribution in [0.4, 0.5) is 5.82 Å². The summed E-state index contributed by atoms with van der Waals surface area (Å²) < 4.78 is 0. The zero-order valence-corrected chi connectivity index (χ0v) is 10.2. The zero-order chi connectivity index (χ0) is 11.7. The lowest BCUT2D eigenvalue weighted by atomic mass is 10.4. The molecule has 0 atom stereocenters. The molecule has 0 saturated heterocycles. The van der Waals surface area contributed by atoms with Crippen molar-refractivity contribution < 1.29 is 0 Å². The van der Waals surface area contributed by atoms with E-state index in [4.69, 9.17) is 11.6 Å². The fourth-order valence-electron chi connectivity index (χ4n) is 1.52. The Balaban J connectivity index is 1.83. The van der Waals surface area contributed by atoms with Gasteiger partial charge < -0.3 is 10.3 Å². The predicted molar refractivity (Wildman–Crippen MR) is 68.3 cm³/mol. The monoisotopic (exact) mass is 265 g/mol. The summed E-state index contributed by atoms with van der Waals surface area (Å²) in [5, 5.41) is 5.90. The number of H-pyrrole nitrogens is 1. The van der Waals surface area contributed by atoms with Crippen molar-refractivity contribution in [1.82, 2.24) is 19.9 Å². The number of aromatic nitrogens is 4. The number of rotatable bonds is 3. The molecule has 0 aliphatic rings. The third kappa shape index (κ3) is 2.09. The van der Waals surface area contributed by atoms with Crippen LogP contribution in [0.2, 0.25) is 5.02 Å². The van der Waals surface area contributed by atoms with Crippen molar-refractivity contribution in [3.8, 4) is 0 Å². The molecule has 3 rings (SSSR count). The molecule has 0 saturated carbocycles. The Labute approximate surface area is 106 Å². The highest BCUT2D eigenvalue weighted by Crippen LogP contribution is 2.21. The summed E-state index contributed by atoms with van der Waals surface area (Å²) >= 11 is 7.47. The van der Waals surface area contributed by atoms with Crippen LogP contribution in [0.25, 0.3) is 11.2 Å². The summed E-state index contributed by atoms with van der Waals surface area (Å²) in [6.45, 7) is 0.683. The molecule has 0 amide bonds. The van der Waals surface area contributed by atoms with Gasteiger partial charge in [-0.05, 0) is 6.07 Å². The van der Waals surface area contributed by atoms with Crippen LogP contribution in [0.15, 0.2) is 24.1 Å². The largest absolute Gasteiger partial charge is 0.363 e. The van der Waals surface area contributed by atoms with Gasteiger partial charge >= 0.3 is 0 Å². The summed E-state index contributed by atoms with van der Waals surface area (Å²) in [5.74, 6) is 0.747. The lowest BCUT2D eigenvalue weighted by molar-refractivity contribution is 1.12. The van der Waals surface area contributed by atoms with E-state index in [0.29, 0.717) is 12.2 Å². The summed E-state index contributed by atoms with van der Waals surface area (Å²) in [5.41, 5.74) is 1.47. The molecule has 0 aromatic carbocycles. The number of anilines is 1. The number of aromatic amines is 1. The minimum Gasteiger partial charge on any atom is -0.363 e. The van der Waals surface area contributed by atoms with Gasteiger partial charge in [-0.1, -0.05) is 11.6 Å². The SMILES string of the molecule is Clc1csc(CNc2ncnc3nc[nH]c23)c1. The van der Waals surface area contributed by atoms with Crippen LogP contribution >= 0.6 is 22.9 Å². The third-order valence-electron chi connectivity index (χ3n) is 2.27. The summed E-state index contributed by atoms with van der Waals surface area (Å²) in [4.78, 5) is 16.5. The molecule has 0 bridgehead atoms. The molecule has 3 aromatic rings. The highest BCUT2D eigenvalue weighted by Gasteiger charge is 2.05. The fraction of sp³-hybridized carbons (Fsp3) is 0.100. The molecule has 5 nitrogen and oxygen atoms in total. The average Bonchev–Trinajstić information content (AvgIpc) is 2.94. The van der Waals surface area contributed by atoms with E-state index >= 15 is 0 Å². The molecule has 3 aromatic heterocycles. The Morgan fingerprint density at radius 3 is 3.12 bits per heavy atom. The van der Waals surface area contributed by atoms with Crippen molar-refractivity contribution in [2.24, 2.45) is 0 Å². The maximum atomic E-state index is 5.86. The molecule has 86 valence electrons. The van der Waals surface area contributed by atoms with E-state index in [9.17, 15) is 0 Å². The highest BCUT2D eigenvalue weighted by molar-refractivity contribution is 7.10. The van der Waals surface area contributed by atoms with Crippen LogP contribution in [-0.4, -0.2) is 19.9 Å². The molecule has 2 N–H and O–H groups in total. The average molecular weight is 266 g/mol. The van der Waals surface area contributed by atoms with Gasteiger partial charge in [-0.2, -0.15) is 0 Å². The molecule has 0 aliphatic heterocycles. The molecule has 7 heteroatoms. The van der Waals surface area contributed by atoms with Crippen molar-refractivity contribution in [1.29, 1.82) is 0 Å². The van der Waals surface area contributed by atoms with Gasteiger partial charge in [0.1, 0.15) is 11.8 Å². The Morgan fingerprint density at radius 2 is 2.29 bits per heavy atom. The van der Waals surface area contributed by atoms with Crippen LogP contribution in [0.5, 0.6) is 0 Å². The molecule has 0 fully saturated rings. The number of hydrogen-bond donors (Lipinski definition) is 2. The highest BCUT2D eigenvalue weighted by atomic mass is 35.5. The van der Waals surface area contributed by atoms with Crippen LogP contribution < -0.4 is 5.32 Å².